The third-order valence-corrected chi connectivity index (χ3v) is 2.89. The van der Waals surface area contributed by atoms with E-state index in [1.165, 1.54) is 0 Å². The Balaban J connectivity index is 2.59. The lowest BCUT2D eigenvalue weighted by atomic mass is 9.99. The molecular formula is C10H14BrNO3. The van der Waals surface area contributed by atoms with E-state index in [0.29, 0.717) is 23.4 Å². The highest BCUT2D eigenvalue weighted by Gasteiger charge is 2.30. The van der Waals surface area contributed by atoms with Crippen LogP contribution in [0.5, 0.6) is 0 Å². The average Bonchev–Trinajstić information content (AvgIpc) is 2.60. The van der Waals surface area contributed by atoms with Crippen LogP contribution in [-0.4, -0.2) is 16.6 Å². The molecule has 0 aliphatic carbocycles. The maximum Gasteiger partial charge on any atom is 0.323 e. The summed E-state index contributed by atoms with van der Waals surface area (Å²) >= 11 is 3.19. The average molecular weight is 276 g/mol. The van der Waals surface area contributed by atoms with Crippen molar-refractivity contribution in [1.29, 1.82) is 0 Å². The predicted molar refractivity (Wildman–Crippen MR) is 59.6 cm³/mol. The fourth-order valence-electron chi connectivity index (χ4n) is 1.08. The minimum absolute atomic E-state index is 0.405. The maximum absolute atomic E-state index is 11.0. The fourth-order valence-corrected chi connectivity index (χ4v) is 1.42. The molecule has 1 aromatic rings. The van der Waals surface area contributed by atoms with Crippen LogP contribution in [0.1, 0.15) is 26.0 Å². The van der Waals surface area contributed by atoms with Gasteiger partial charge in [-0.15, -0.1) is 0 Å². The molecule has 1 aromatic heterocycles. The Morgan fingerprint density at radius 1 is 1.67 bits per heavy atom. The van der Waals surface area contributed by atoms with Crippen molar-refractivity contribution in [2.45, 2.75) is 32.4 Å². The Kier molecular flexibility index (Phi) is 3.93. The smallest absolute Gasteiger partial charge is 0.323 e. The van der Waals surface area contributed by atoms with Gasteiger partial charge < -0.3 is 9.52 Å². The third kappa shape index (κ3) is 3.07. The van der Waals surface area contributed by atoms with Gasteiger partial charge in [0.05, 0.1) is 6.54 Å². The van der Waals surface area contributed by atoms with Crippen molar-refractivity contribution in [3.8, 4) is 0 Å². The second-order valence-corrected chi connectivity index (χ2v) is 4.33. The van der Waals surface area contributed by atoms with Crippen LogP contribution in [0.25, 0.3) is 0 Å². The van der Waals surface area contributed by atoms with Gasteiger partial charge in [-0.1, -0.05) is 6.92 Å². The molecule has 5 heteroatoms. The summed E-state index contributed by atoms with van der Waals surface area (Å²) in [4.78, 5) is 11.0. The topological polar surface area (TPSA) is 62.5 Å². The lowest BCUT2D eigenvalue weighted by molar-refractivity contribution is -0.144. The monoisotopic (exact) mass is 275 g/mol. The van der Waals surface area contributed by atoms with E-state index in [9.17, 15) is 4.79 Å². The number of aliphatic carboxylic acids is 1. The van der Waals surface area contributed by atoms with Gasteiger partial charge in [-0.2, -0.15) is 0 Å². The molecule has 1 heterocycles. The number of carboxylic acids is 1. The van der Waals surface area contributed by atoms with Gasteiger partial charge >= 0.3 is 5.97 Å². The number of hydrogen-bond donors (Lipinski definition) is 2. The molecule has 15 heavy (non-hydrogen) atoms. The molecule has 1 unspecified atom stereocenters. The molecule has 4 nitrogen and oxygen atoms in total. The van der Waals surface area contributed by atoms with E-state index in [1.807, 2.05) is 6.92 Å². The molecule has 2 N–H and O–H groups in total. The summed E-state index contributed by atoms with van der Waals surface area (Å²) in [5.41, 5.74) is -0.904. The van der Waals surface area contributed by atoms with E-state index in [2.05, 4.69) is 21.2 Å². The first-order valence-electron chi connectivity index (χ1n) is 4.70. The molecule has 0 fully saturated rings. The van der Waals surface area contributed by atoms with Crippen LogP contribution < -0.4 is 5.32 Å². The Hall–Kier alpha value is -0.810. The molecule has 0 amide bonds. The van der Waals surface area contributed by atoms with Crippen LogP contribution in [-0.2, 0) is 11.3 Å². The Bertz CT molecular complexity index is 350. The van der Waals surface area contributed by atoms with Crippen LogP contribution in [0.15, 0.2) is 21.2 Å². The molecule has 0 saturated heterocycles. The summed E-state index contributed by atoms with van der Waals surface area (Å²) in [6, 6.07) is 3.58. The minimum Gasteiger partial charge on any atom is -0.480 e. The lowest BCUT2D eigenvalue weighted by Gasteiger charge is -2.23. The quantitative estimate of drug-likeness (QED) is 0.866. The van der Waals surface area contributed by atoms with Gasteiger partial charge in [-0.05, 0) is 41.4 Å². The van der Waals surface area contributed by atoms with Crippen LogP contribution in [0, 0.1) is 0 Å². The number of carbonyl (C=O) groups is 1. The molecule has 0 spiro atoms. The second-order valence-electron chi connectivity index (χ2n) is 3.55. The van der Waals surface area contributed by atoms with E-state index < -0.39 is 11.5 Å². The van der Waals surface area contributed by atoms with E-state index >= 15 is 0 Å². The highest BCUT2D eigenvalue weighted by molar-refractivity contribution is 9.10. The standard InChI is InChI=1S/C10H14BrNO3/c1-3-10(2,9(13)14)12-6-7-4-5-8(11)15-7/h4-5,12H,3,6H2,1-2H3,(H,13,14). The molecule has 0 aliphatic heterocycles. The largest absolute Gasteiger partial charge is 0.480 e. The van der Waals surface area contributed by atoms with E-state index in [0.717, 1.165) is 0 Å². The summed E-state index contributed by atoms with van der Waals surface area (Å²) in [6.07, 6.45) is 0.518. The first kappa shape index (κ1) is 12.3. The molecule has 0 bridgehead atoms. The number of halogens is 1. The summed E-state index contributed by atoms with van der Waals surface area (Å²) in [5, 5.41) is 12.0. The summed E-state index contributed by atoms with van der Waals surface area (Å²) in [7, 11) is 0. The highest BCUT2D eigenvalue weighted by Crippen LogP contribution is 2.16. The van der Waals surface area contributed by atoms with Crippen LogP contribution in [0.3, 0.4) is 0 Å². The second kappa shape index (κ2) is 4.81. The number of rotatable bonds is 5. The molecular weight excluding hydrogens is 262 g/mol. The van der Waals surface area contributed by atoms with Crippen molar-refractivity contribution in [3.05, 3.63) is 22.6 Å². The number of carboxylic acid groups (broad SMARTS) is 1. The van der Waals surface area contributed by atoms with E-state index in [1.54, 1.807) is 19.1 Å². The molecule has 0 aromatic carbocycles. The zero-order chi connectivity index (χ0) is 11.5. The maximum atomic E-state index is 11.0. The number of nitrogens with one attached hydrogen (secondary N) is 1. The first-order valence-corrected chi connectivity index (χ1v) is 5.50. The Morgan fingerprint density at radius 2 is 2.33 bits per heavy atom. The minimum atomic E-state index is -0.904. The normalized spacial score (nSPS) is 14.9. The van der Waals surface area contributed by atoms with Crippen LogP contribution in [0.2, 0.25) is 0 Å². The molecule has 1 rings (SSSR count). The van der Waals surface area contributed by atoms with Crippen molar-refractivity contribution in [2.75, 3.05) is 0 Å². The Labute approximate surface area is 96.8 Å². The molecule has 84 valence electrons. The van der Waals surface area contributed by atoms with E-state index in [4.69, 9.17) is 9.52 Å². The van der Waals surface area contributed by atoms with Gasteiger partial charge in [0.15, 0.2) is 4.67 Å². The van der Waals surface area contributed by atoms with Crippen LogP contribution >= 0.6 is 15.9 Å². The lowest BCUT2D eigenvalue weighted by Crippen LogP contribution is -2.48. The van der Waals surface area contributed by atoms with Crippen molar-refractivity contribution in [2.24, 2.45) is 0 Å². The van der Waals surface area contributed by atoms with Gasteiger partial charge in [-0.25, -0.2) is 0 Å². The van der Waals surface area contributed by atoms with Crippen molar-refractivity contribution in [3.63, 3.8) is 0 Å². The fraction of sp³-hybridized carbons (Fsp3) is 0.500. The zero-order valence-electron chi connectivity index (χ0n) is 8.71. The van der Waals surface area contributed by atoms with E-state index in [-0.39, 0.29) is 0 Å². The van der Waals surface area contributed by atoms with Gasteiger partial charge in [0.25, 0.3) is 0 Å². The Morgan fingerprint density at radius 3 is 2.73 bits per heavy atom. The van der Waals surface area contributed by atoms with Gasteiger partial charge in [0.1, 0.15) is 11.3 Å². The number of furan rings is 1. The van der Waals surface area contributed by atoms with Crippen molar-refractivity contribution < 1.29 is 14.3 Å². The molecule has 0 aliphatic rings. The zero-order valence-corrected chi connectivity index (χ0v) is 10.3. The van der Waals surface area contributed by atoms with Gasteiger partial charge in [0, 0.05) is 0 Å². The van der Waals surface area contributed by atoms with Gasteiger partial charge in [0.2, 0.25) is 0 Å². The molecule has 1 atom stereocenters. The third-order valence-electron chi connectivity index (χ3n) is 2.46. The van der Waals surface area contributed by atoms with Crippen molar-refractivity contribution in [1.82, 2.24) is 5.32 Å². The number of hydrogen-bond acceptors (Lipinski definition) is 3. The first-order chi connectivity index (χ1) is 6.98. The highest BCUT2D eigenvalue weighted by atomic mass is 79.9. The molecule has 0 saturated carbocycles. The summed E-state index contributed by atoms with van der Waals surface area (Å²) in [6.45, 7) is 3.90. The molecule has 0 radical (unpaired) electrons. The van der Waals surface area contributed by atoms with Gasteiger partial charge in [-0.3, -0.25) is 10.1 Å². The predicted octanol–water partition coefficient (Wildman–Crippen LogP) is 2.38. The SMILES string of the molecule is CCC(C)(NCc1ccc(Br)o1)C(=O)O. The van der Waals surface area contributed by atoms with Crippen LogP contribution in [0.4, 0.5) is 0 Å². The summed E-state index contributed by atoms with van der Waals surface area (Å²) < 4.78 is 5.91. The van der Waals surface area contributed by atoms with Crippen molar-refractivity contribution >= 4 is 21.9 Å². The summed E-state index contributed by atoms with van der Waals surface area (Å²) in [5.74, 6) is -0.140.